The highest BCUT2D eigenvalue weighted by molar-refractivity contribution is 6.01. The summed E-state index contributed by atoms with van der Waals surface area (Å²) < 4.78 is 0. The van der Waals surface area contributed by atoms with Gasteiger partial charge in [0.25, 0.3) is 0 Å². The maximum atomic E-state index is 2.82. The molecule has 0 saturated carbocycles. The van der Waals surface area contributed by atoms with Gasteiger partial charge in [0.2, 0.25) is 0 Å². The van der Waals surface area contributed by atoms with E-state index in [-0.39, 0.29) is 21.7 Å². The fraction of sp³-hybridized carbons (Fsp3) is 0.333. The van der Waals surface area contributed by atoms with Crippen molar-refractivity contribution in [1.29, 1.82) is 0 Å². The minimum Gasteiger partial charge on any atom is -0.309 e. The third kappa shape index (κ3) is 5.42. The molecule has 0 heterocycles. The van der Waals surface area contributed by atoms with Gasteiger partial charge in [-0.05, 0) is 181 Å². The van der Waals surface area contributed by atoms with Crippen LogP contribution >= 0.6 is 0 Å². The zero-order chi connectivity index (χ0) is 44.0. The summed E-state index contributed by atoms with van der Waals surface area (Å²) in [5, 5.41) is 0. The molecule has 64 heavy (non-hydrogen) atoms. The molecule has 0 radical (unpaired) electrons. The Labute approximate surface area is 382 Å². The molecule has 0 saturated heterocycles. The summed E-state index contributed by atoms with van der Waals surface area (Å²) in [6.45, 7) is 20.0. The van der Waals surface area contributed by atoms with Gasteiger partial charge in [-0.2, -0.15) is 0 Å². The number of hydrogen-bond acceptors (Lipinski definition) is 1. The first-order chi connectivity index (χ1) is 30.7. The van der Waals surface area contributed by atoms with Crippen LogP contribution < -0.4 is 4.90 Å². The van der Waals surface area contributed by atoms with E-state index in [2.05, 4.69) is 200 Å². The normalized spacial score (nSPS) is 19.4. The molecule has 0 N–H and O–H groups in total. The summed E-state index contributed by atoms with van der Waals surface area (Å²) in [6, 6.07) is 55.2. The van der Waals surface area contributed by atoms with Crippen LogP contribution in [0.15, 0.2) is 140 Å². The molecule has 1 spiro atoms. The molecule has 5 aliphatic carbocycles. The van der Waals surface area contributed by atoms with Crippen LogP contribution in [0.25, 0.3) is 33.4 Å². The van der Waals surface area contributed by atoms with Crippen LogP contribution in [0.3, 0.4) is 0 Å². The highest BCUT2D eigenvalue weighted by Gasteiger charge is 2.52. The topological polar surface area (TPSA) is 3.24 Å². The first-order valence-electron chi connectivity index (χ1n) is 24.4. The van der Waals surface area contributed by atoms with E-state index in [0.717, 1.165) is 25.7 Å². The molecule has 0 aliphatic heterocycles. The average Bonchev–Trinajstić information content (AvgIpc) is 3.76. The number of hydrogen-bond donors (Lipinski definition) is 0. The summed E-state index contributed by atoms with van der Waals surface area (Å²) in [4.78, 5) is 2.82. The Kier molecular flexibility index (Phi) is 8.53. The Morgan fingerprint density at radius 3 is 1.33 bits per heavy atom. The van der Waals surface area contributed by atoms with Gasteiger partial charge in [-0.1, -0.05) is 171 Å². The molecule has 1 heteroatoms. The van der Waals surface area contributed by atoms with Crippen molar-refractivity contribution < 1.29 is 0 Å². The van der Waals surface area contributed by atoms with E-state index in [9.17, 15) is 0 Å². The van der Waals surface area contributed by atoms with Gasteiger partial charge in [0.05, 0.1) is 22.5 Å². The van der Waals surface area contributed by atoms with Gasteiger partial charge in [-0.3, -0.25) is 0 Å². The molecule has 7 aromatic carbocycles. The smallest absolute Gasteiger partial charge is 0.0726 e. The zero-order valence-electron chi connectivity index (χ0n) is 39.4. The molecule has 7 aromatic rings. The number of rotatable bonds is 4. The summed E-state index contributed by atoms with van der Waals surface area (Å²) in [7, 11) is 0. The Morgan fingerprint density at radius 2 is 0.781 bits per heavy atom. The van der Waals surface area contributed by atoms with Gasteiger partial charge >= 0.3 is 0 Å². The van der Waals surface area contributed by atoms with E-state index >= 15 is 0 Å². The highest BCUT2D eigenvalue weighted by atomic mass is 15.2. The van der Waals surface area contributed by atoms with Crippen molar-refractivity contribution in [1.82, 2.24) is 0 Å². The maximum Gasteiger partial charge on any atom is 0.0726 e. The second-order valence-electron chi connectivity index (χ2n) is 22.7. The van der Waals surface area contributed by atoms with E-state index in [0.29, 0.717) is 0 Å². The Bertz CT molecular complexity index is 2950. The molecule has 12 rings (SSSR count). The Morgan fingerprint density at radius 1 is 0.344 bits per heavy atom. The number of benzene rings is 7. The second-order valence-corrected chi connectivity index (χ2v) is 22.7. The molecular formula is C63H63N. The first-order valence-corrected chi connectivity index (χ1v) is 24.4. The third-order valence-electron chi connectivity index (χ3n) is 17.2. The minimum absolute atomic E-state index is 0.0209. The van der Waals surface area contributed by atoms with Gasteiger partial charge < -0.3 is 4.90 Å². The van der Waals surface area contributed by atoms with Crippen LogP contribution in [0.4, 0.5) is 17.1 Å². The summed E-state index contributed by atoms with van der Waals surface area (Å²) in [5.74, 6) is 0. The van der Waals surface area contributed by atoms with Gasteiger partial charge in [0.1, 0.15) is 0 Å². The molecule has 0 unspecified atom stereocenters. The van der Waals surface area contributed by atoms with Gasteiger partial charge in [-0.15, -0.1) is 0 Å². The van der Waals surface area contributed by atoms with Crippen molar-refractivity contribution in [3.63, 3.8) is 0 Å². The molecule has 5 aliphatic rings. The van der Waals surface area contributed by atoms with Crippen LogP contribution in [0.2, 0.25) is 0 Å². The highest BCUT2D eigenvalue weighted by Crippen LogP contribution is 2.65. The number of aryl methyl sites for hydroxylation is 1. The van der Waals surface area contributed by atoms with Crippen LogP contribution in [-0.2, 0) is 39.9 Å². The van der Waals surface area contributed by atoms with Crippen molar-refractivity contribution in [2.24, 2.45) is 0 Å². The molecular weight excluding hydrogens is 771 g/mol. The lowest BCUT2D eigenvalue weighted by molar-refractivity contribution is 0.331. The SMILES string of the molecule is CC1(C)CCC(C)(C)c2c(N(c3cc4c(cc3-c3cccc5c3CCCC5)-c3ccccc3C43c4ccccc4-c4ccccc43)c3cccc4c3C(C)(C)CCC4(C)C)cccc21. The maximum absolute atomic E-state index is 2.82. The van der Waals surface area contributed by atoms with Crippen molar-refractivity contribution in [3.8, 4) is 33.4 Å². The molecule has 0 bridgehead atoms. The van der Waals surface area contributed by atoms with Crippen molar-refractivity contribution in [2.75, 3.05) is 4.90 Å². The monoisotopic (exact) mass is 833 g/mol. The predicted octanol–water partition coefficient (Wildman–Crippen LogP) is 16.7. The third-order valence-corrected chi connectivity index (χ3v) is 17.2. The Hall–Kier alpha value is -5.66. The van der Waals surface area contributed by atoms with Crippen LogP contribution in [0.1, 0.15) is 150 Å². The van der Waals surface area contributed by atoms with E-state index in [1.807, 2.05) is 0 Å². The van der Waals surface area contributed by atoms with Crippen molar-refractivity contribution in [2.45, 2.75) is 134 Å². The predicted molar refractivity (Wildman–Crippen MR) is 270 cm³/mol. The quantitative estimate of drug-likeness (QED) is 0.171. The summed E-state index contributed by atoms with van der Waals surface area (Å²) >= 11 is 0. The lowest BCUT2D eigenvalue weighted by atomic mass is 9.62. The first kappa shape index (κ1) is 39.9. The number of nitrogens with zero attached hydrogens (tertiary/aromatic N) is 1. The zero-order valence-corrected chi connectivity index (χ0v) is 39.4. The van der Waals surface area contributed by atoms with E-state index in [4.69, 9.17) is 0 Å². The fourth-order valence-corrected chi connectivity index (χ4v) is 13.7. The van der Waals surface area contributed by atoms with E-state index < -0.39 is 5.41 Å². The van der Waals surface area contributed by atoms with E-state index in [1.54, 1.807) is 5.56 Å². The lowest BCUT2D eigenvalue weighted by Gasteiger charge is -2.47. The molecule has 0 atom stereocenters. The van der Waals surface area contributed by atoms with Crippen LogP contribution in [0.5, 0.6) is 0 Å². The number of anilines is 3. The largest absolute Gasteiger partial charge is 0.309 e. The molecule has 320 valence electrons. The average molecular weight is 834 g/mol. The fourth-order valence-electron chi connectivity index (χ4n) is 13.7. The Balaban J connectivity index is 1.28. The molecule has 0 fully saturated rings. The standard InChI is InChI=1S/C63H63N/c1-59(2)34-36-61(5,6)57-51(59)30-18-32-54(57)64(55-33-19-31-52-58(55)62(7,8)37-35-60(52,3)4)56-39-53-46(38-47(56)42-26-17-21-40-20-9-10-22-41(40)42)45-25-13-16-29-50(45)63(53)48-27-14-11-23-43(48)44-24-12-15-28-49(44)63/h11-19,21,23-33,38-39H,9-10,20,22,34-37H2,1-8H3. The minimum atomic E-state index is -0.455. The van der Waals surface area contributed by atoms with Crippen LogP contribution in [0, 0.1) is 0 Å². The van der Waals surface area contributed by atoms with Crippen molar-refractivity contribution in [3.05, 3.63) is 195 Å². The molecule has 1 nitrogen and oxygen atoms in total. The number of fused-ring (bicyclic) bond motifs is 13. The lowest BCUT2D eigenvalue weighted by Crippen LogP contribution is -2.37. The summed E-state index contributed by atoms with van der Waals surface area (Å²) in [6.07, 6.45) is 9.42. The molecule has 0 aromatic heterocycles. The van der Waals surface area contributed by atoms with Gasteiger partial charge in [0, 0.05) is 5.56 Å². The van der Waals surface area contributed by atoms with Gasteiger partial charge in [0.15, 0.2) is 0 Å². The second kappa shape index (κ2) is 13.7. The van der Waals surface area contributed by atoms with E-state index in [1.165, 1.54) is 126 Å². The molecule has 0 amide bonds. The summed E-state index contributed by atoms with van der Waals surface area (Å²) in [5.41, 5.74) is 26.4. The van der Waals surface area contributed by atoms with Gasteiger partial charge in [-0.25, -0.2) is 0 Å². The van der Waals surface area contributed by atoms with Crippen molar-refractivity contribution >= 4 is 17.1 Å². The van der Waals surface area contributed by atoms with Crippen LogP contribution in [-0.4, -0.2) is 0 Å².